The highest BCUT2D eigenvalue weighted by Gasteiger charge is 2.14. The van der Waals surface area contributed by atoms with Gasteiger partial charge in [0.1, 0.15) is 18.2 Å². The monoisotopic (exact) mass is 383 g/mol. The van der Waals surface area contributed by atoms with Gasteiger partial charge in [-0.3, -0.25) is 4.90 Å². The zero-order chi connectivity index (χ0) is 19.8. The summed E-state index contributed by atoms with van der Waals surface area (Å²) in [5.41, 5.74) is 3.37. The molecule has 3 aromatic rings. The van der Waals surface area contributed by atoms with Crippen LogP contribution in [0.5, 0.6) is 0 Å². The Labute approximate surface area is 165 Å². The molecule has 0 saturated heterocycles. The van der Waals surface area contributed by atoms with E-state index < -0.39 is 6.10 Å². The molecule has 0 spiro atoms. The highest BCUT2D eigenvalue weighted by molar-refractivity contribution is 5.22. The fraction of sp³-hybridized carbons (Fsp3) is 0.304. The van der Waals surface area contributed by atoms with Crippen LogP contribution in [0.1, 0.15) is 22.5 Å². The van der Waals surface area contributed by atoms with Crippen molar-refractivity contribution in [2.24, 2.45) is 0 Å². The Morgan fingerprint density at radius 1 is 1.00 bits per heavy atom. The maximum atomic E-state index is 13.2. The van der Waals surface area contributed by atoms with Gasteiger partial charge in [0.2, 0.25) is 0 Å². The summed E-state index contributed by atoms with van der Waals surface area (Å²) in [6, 6.07) is 18.5. The lowest BCUT2D eigenvalue weighted by atomic mass is 10.1. The van der Waals surface area contributed by atoms with Gasteiger partial charge >= 0.3 is 0 Å². The first kappa shape index (κ1) is 20.3. The van der Waals surface area contributed by atoms with E-state index in [2.05, 4.69) is 36.1 Å². The third kappa shape index (κ3) is 6.60. The van der Waals surface area contributed by atoms with E-state index in [4.69, 9.17) is 9.15 Å². The average Bonchev–Trinajstić information content (AvgIpc) is 3.19. The van der Waals surface area contributed by atoms with Crippen LogP contribution in [0.15, 0.2) is 71.3 Å². The maximum absolute atomic E-state index is 13.2. The average molecular weight is 383 g/mol. The Morgan fingerprint density at radius 2 is 1.64 bits per heavy atom. The second-order valence-corrected chi connectivity index (χ2v) is 7.03. The first-order valence-corrected chi connectivity index (χ1v) is 9.39. The molecule has 0 amide bonds. The zero-order valence-corrected chi connectivity index (χ0v) is 16.1. The molecule has 1 N–H and O–H groups in total. The van der Waals surface area contributed by atoms with Crippen LogP contribution in [0.3, 0.4) is 0 Å². The Balaban J connectivity index is 1.58. The predicted octanol–water partition coefficient (Wildman–Crippen LogP) is 4.31. The SMILES string of the molecule is Cc1ccc(CN(Cc2ccc(F)cc2)C[C@@H](O)COCc2ccco2)cc1. The maximum Gasteiger partial charge on any atom is 0.129 e. The fourth-order valence-electron chi connectivity index (χ4n) is 3.03. The number of aliphatic hydroxyl groups excluding tert-OH is 1. The summed E-state index contributed by atoms with van der Waals surface area (Å²) in [6.07, 6.45) is 0.960. The summed E-state index contributed by atoms with van der Waals surface area (Å²) in [6.45, 7) is 4.36. The van der Waals surface area contributed by atoms with Crippen LogP contribution < -0.4 is 0 Å². The van der Waals surface area contributed by atoms with Crippen LogP contribution in [0, 0.1) is 12.7 Å². The van der Waals surface area contributed by atoms with Crippen molar-refractivity contribution in [2.75, 3.05) is 13.2 Å². The molecular formula is C23H26FNO3. The number of aryl methyl sites for hydroxylation is 1. The quantitative estimate of drug-likeness (QED) is 0.567. The van der Waals surface area contributed by atoms with E-state index >= 15 is 0 Å². The minimum absolute atomic E-state index is 0.217. The van der Waals surface area contributed by atoms with Crippen molar-refractivity contribution in [2.45, 2.75) is 32.7 Å². The van der Waals surface area contributed by atoms with Gasteiger partial charge < -0.3 is 14.3 Å². The Hall–Kier alpha value is -2.47. The number of hydrogen-bond donors (Lipinski definition) is 1. The minimum Gasteiger partial charge on any atom is -0.467 e. The highest BCUT2D eigenvalue weighted by Crippen LogP contribution is 2.13. The minimum atomic E-state index is -0.638. The number of benzene rings is 2. The van der Waals surface area contributed by atoms with Gasteiger partial charge in [0.25, 0.3) is 0 Å². The smallest absolute Gasteiger partial charge is 0.129 e. The molecule has 0 bridgehead atoms. The van der Waals surface area contributed by atoms with E-state index in [0.29, 0.717) is 26.2 Å². The molecule has 3 rings (SSSR count). The van der Waals surface area contributed by atoms with Crippen molar-refractivity contribution < 1.29 is 18.7 Å². The molecule has 0 aliphatic heterocycles. The molecule has 0 saturated carbocycles. The van der Waals surface area contributed by atoms with Crippen molar-refractivity contribution in [3.05, 3.63) is 95.2 Å². The van der Waals surface area contributed by atoms with Crippen molar-refractivity contribution in [3.8, 4) is 0 Å². The lowest BCUT2D eigenvalue weighted by Crippen LogP contribution is -2.34. The lowest BCUT2D eigenvalue weighted by molar-refractivity contribution is 0.00253. The zero-order valence-electron chi connectivity index (χ0n) is 16.1. The van der Waals surface area contributed by atoms with E-state index in [1.54, 1.807) is 24.5 Å². The molecular weight excluding hydrogens is 357 g/mol. The number of aliphatic hydroxyl groups is 1. The van der Waals surface area contributed by atoms with Crippen molar-refractivity contribution in [1.82, 2.24) is 4.90 Å². The summed E-state index contributed by atoms with van der Waals surface area (Å²) in [4.78, 5) is 2.14. The van der Waals surface area contributed by atoms with Crippen molar-refractivity contribution in [1.29, 1.82) is 0 Å². The Morgan fingerprint density at radius 3 is 2.25 bits per heavy atom. The van der Waals surface area contributed by atoms with Gasteiger partial charge in [-0.15, -0.1) is 0 Å². The summed E-state index contributed by atoms with van der Waals surface area (Å²) in [5, 5.41) is 10.4. The Kier molecular flexibility index (Phi) is 7.37. The van der Waals surface area contributed by atoms with E-state index in [1.165, 1.54) is 17.7 Å². The molecule has 0 unspecified atom stereocenters. The van der Waals surface area contributed by atoms with Gasteiger partial charge in [-0.1, -0.05) is 42.0 Å². The summed E-state index contributed by atoms with van der Waals surface area (Å²) >= 11 is 0. The number of hydrogen-bond acceptors (Lipinski definition) is 4. The molecule has 0 aliphatic carbocycles. The third-order valence-corrected chi connectivity index (χ3v) is 4.45. The molecule has 1 atom stereocenters. The molecule has 5 heteroatoms. The number of furan rings is 1. The number of halogens is 1. The van der Waals surface area contributed by atoms with Crippen LogP contribution in [-0.2, 0) is 24.4 Å². The van der Waals surface area contributed by atoms with Gasteiger partial charge in [-0.2, -0.15) is 0 Å². The highest BCUT2D eigenvalue weighted by atomic mass is 19.1. The van der Waals surface area contributed by atoms with E-state index in [-0.39, 0.29) is 12.4 Å². The molecule has 4 nitrogen and oxygen atoms in total. The standard InChI is InChI=1S/C23H26FNO3/c1-18-4-6-19(7-5-18)13-25(14-20-8-10-21(24)11-9-20)15-22(26)16-27-17-23-3-2-12-28-23/h2-12,22,26H,13-17H2,1H3/t22-/m1/s1. The lowest BCUT2D eigenvalue weighted by Gasteiger charge is -2.25. The largest absolute Gasteiger partial charge is 0.467 e. The van der Waals surface area contributed by atoms with Crippen LogP contribution in [-0.4, -0.2) is 29.3 Å². The molecule has 0 aliphatic rings. The van der Waals surface area contributed by atoms with Crippen LogP contribution in [0.2, 0.25) is 0 Å². The summed E-state index contributed by atoms with van der Waals surface area (Å²) in [5.74, 6) is 0.482. The number of nitrogens with zero attached hydrogens (tertiary/aromatic N) is 1. The van der Waals surface area contributed by atoms with Gasteiger partial charge in [0.05, 0.1) is 19.0 Å². The third-order valence-electron chi connectivity index (χ3n) is 4.45. The molecule has 0 radical (unpaired) electrons. The first-order chi connectivity index (χ1) is 13.6. The molecule has 0 fully saturated rings. The summed E-state index contributed by atoms with van der Waals surface area (Å²) < 4.78 is 24.0. The van der Waals surface area contributed by atoms with E-state index in [0.717, 1.165) is 16.9 Å². The van der Waals surface area contributed by atoms with E-state index in [1.807, 2.05) is 6.07 Å². The predicted molar refractivity (Wildman–Crippen MR) is 106 cm³/mol. The molecule has 28 heavy (non-hydrogen) atoms. The summed E-state index contributed by atoms with van der Waals surface area (Å²) in [7, 11) is 0. The molecule has 2 aromatic carbocycles. The Bertz CT molecular complexity index is 769. The normalized spacial score (nSPS) is 12.4. The van der Waals surface area contributed by atoms with Crippen LogP contribution in [0.25, 0.3) is 0 Å². The topological polar surface area (TPSA) is 45.8 Å². The number of ether oxygens (including phenoxy) is 1. The first-order valence-electron chi connectivity index (χ1n) is 9.39. The fourth-order valence-corrected chi connectivity index (χ4v) is 3.03. The van der Waals surface area contributed by atoms with Gasteiger partial charge in [-0.05, 0) is 42.3 Å². The van der Waals surface area contributed by atoms with Gasteiger partial charge in [0, 0.05) is 19.6 Å². The van der Waals surface area contributed by atoms with Crippen molar-refractivity contribution in [3.63, 3.8) is 0 Å². The number of rotatable bonds is 10. The molecule has 148 valence electrons. The van der Waals surface area contributed by atoms with E-state index in [9.17, 15) is 9.50 Å². The van der Waals surface area contributed by atoms with Crippen LogP contribution >= 0.6 is 0 Å². The van der Waals surface area contributed by atoms with Crippen LogP contribution in [0.4, 0.5) is 4.39 Å². The second-order valence-electron chi connectivity index (χ2n) is 7.03. The van der Waals surface area contributed by atoms with Gasteiger partial charge in [-0.25, -0.2) is 4.39 Å². The molecule has 1 heterocycles. The second kappa shape index (κ2) is 10.2. The molecule has 1 aromatic heterocycles. The van der Waals surface area contributed by atoms with Crippen molar-refractivity contribution >= 4 is 0 Å². The van der Waals surface area contributed by atoms with Gasteiger partial charge in [0.15, 0.2) is 0 Å².